The summed E-state index contributed by atoms with van der Waals surface area (Å²) >= 11 is 0. The molecule has 1 aromatic carbocycles. The minimum absolute atomic E-state index is 0.125. The van der Waals surface area contributed by atoms with Gasteiger partial charge in [0.05, 0.1) is 11.8 Å². The molecule has 1 heterocycles. The Labute approximate surface area is 130 Å². The van der Waals surface area contributed by atoms with E-state index < -0.39 is 17.6 Å². The molecule has 1 aromatic heterocycles. The number of H-pyrrole nitrogens is 1. The molecule has 1 saturated carbocycles. The Kier molecular flexibility index (Phi) is 4.06. The fourth-order valence-electron chi connectivity index (χ4n) is 3.14. The Morgan fingerprint density at radius 3 is 2.74 bits per heavy atom. The van der Waals surface area contributed by atoms with Crippen molar-refractivity contribution in [2.75, 3.05) is 0 Å². The number of halogens is 3. The maximum absolute atomic E-state index is 13.2. The molecule has 2 aromatic rings. The SMILES string of the molecule is O=C(NC1CCCC1c1ccccc1C(F)(F)F)c1cn[nH]n1. The lowest BCUT2D eigenvalue weighted by molar-refractivity contribution is -0.138. The highest BCUT2D eigenvalue weighted by Crippen LogP contribution is 2.41. The molecular weight excluding hydrogens is 309 g/mol. The minimum atomic E-state index is -4.40. The first-order valence-electron chi connectivity index (χ1n) is 7.29. The van der Waals surface area contributed by atoms with Crippen LogP contribution in [0, 0.1) is 0 Å². The van der Waals surface area contributed by atoms with Crippen molar-refractivity contribution >= 4 is 5.91 Å². The van der Waals surface area contributed by atoms with Crippen LogP contribution in [0.5, 0.6) is 0 Å². The molecule has 8 heteroatoms. The molecule has 1 aliphatic rings. The highest BCUT2D eigenvalue weighted by Gasteiger charge is 2.38. The van der Waals surface area contributed by atoms with E-state index in [1.54, 1.807) is 6.07 Å². The largest absolute Gasteiger partial charge is 0.416 e. The van der Waals surface area contributed by atoms with Gasteiger partial charge in [-0.1, -0.05) is 24.6 Å². The zero-order valence-corrected chi connectivity index (χ0v) is 12.1. The molecule has 0 aliphatic heterocycles. The van der Waals surface area contributed by atoms with Crippen molar-refractivity contribution in [2.45, 2.75) is 37.4 Å². The second kappa shape index (κ2) is 6.02. The van der Waals surface area contributed by atoms with Gasteiger partial charge in [0.1, 0.15) is 0 Å². The average molecular weight is 324 g/mol. The molecule has 122 valence electrons. The normalized spacial score (nSPS) is 21.3. The number of aromatic nitrogens is 3. The van der Waals surface area contributed by atoms with Crippen LogP contribution in [0.3, 0.4) is 0 Å². The monoisotopic (exact) mass is 324 g/mol. The predicted molar refractivity (Wildman–Crippen MR) is 75.7 cm³/mol. The van der Waals surface area contributed by atoms with Crippen molar-refractivity contribution < 1.29 is 18.0 Å². The van der Waals surface area contributed by atoms with Crippen molar-refractivity contribution in [1.82, 2.24) is 20.7 Å². The fraction of sp³-hybridized carbons (Fsp3) is 0.400. The average Bonchev–Trinajstić information content (AvgIpc) is 3.17. The van der Waals surface area contributed by atoms with E-state index in [-0.39, 0.29) is 23.2 Å². The molecule has 1 fully saturated rings. The molecule has 0 saturated heterocycles. The lowest BCUT2D eigenvalue weighted by Gasteiger charge is -2.24. The summed E-state index contributed by atoms with van der Waals surface area (Å²) in [6.07, 6.45) is -1.11. The number of hydrogen-bond acceptors (Lipinski definition) is 3. The molecule has 2 N–H and O–H groups in total. The van der Waals surface area contributed by atoms with Crippen LogP contribution in [0.25, 0.3) is 0 Å². The van der Waals surface area contributed by atoms with Gasteiger partial charge < -0.3 is 5.32 Å². The van der Waals surface area contributed by atoms with Crippen LogP contribution in [0.15, 0.2) is 30.5 Å². The summed E-state index contributed by atoms with van der Waals surface area (Å²) in [6, 6.07) is 5.21. The maximum atomic E-state index is 13.2. The number of aromatic amines is 1. The lowest BCUT2D eigenvalue weighted by atomic mass is 9.89. The van der Waals surface area contributed by atoms with Crippen LogP contribution in [0.2, 0.25) is 0 Å². The molecular formula is C15H15F3N4O. The number of rotatable bonds is 3. The Bertz CT molecular complexity index is 684. The third kappa shape index (κ3) is 3.20. The first-order valence-corrected chi connectivity index (χ1v) is 7.29. The van der Waals surface area contributed by atoms with Gasteiger partial charge in [-0.05, 0) is 24.5 Å². The number of amides is 1. The van der Waals surface area contributed by atoms with Gasteiger partial charge in [0, 0.05) is 12.0 Å². The lowest BCUT2D eigenvalue weighted by Crippen LogP contribution is -2.37. The first kappa shape index (κ1) is 15.5. The number of carbonyl (C=O) groups is 1. The highest BCUT2D eigenvalue weighted by atomic mass is 19.4. The maximum Gasteiger partial charge on any atom is 0.416 e. The van der Waals surface area contributed by atoms with Crippen LogP contribution < -0.4 is 5.32 Å². The summed E-state index contributed by atoms with van der Waals surface area (Å²) in [7, 11) is 0. The molecule has 2 unspecified atom stereocenters. The van der Waals surface area contributed by atoms with E-state index in [1.807, 2.05) is 0 Å². The van der Waals surface area contributed by atoms with E-state index in [1.165, 1.54) is 18.3 Å². The van der Waals surface area contributed by atoms with E-state index in [0.29, 0.717) is 12.8 Å². The van der Waals surface area contributed by atoms with Crippen LogP contribution in [-0.2, 0) is 6.18 Å². The van der Waals surface area contributed by atoms with Gasteiger partial charge in [-0.25, -0.2) is 0 Å². The number of benzene rings is 1. The molecule has 5 nitrogen and oxygen atoms in total. The summed E-state index contributed by atoms with van der Waals surface area (Å²) in [5.74, 6) is -0.788. The summed E-state index contributed by atoms with van der Waals surface area (Å²) in [5, 5.41) is 12.4. The van der Waals surface area contributed by atoms with E-state index in [2.05, 4.69) is 20.7 Å². The molecule has 1 aliphatic carbocycles. The Morgan fingerprint density at radius 1 is 1.26 bits per heavy atom. The molecule has 3 rings (SSSR count). The van der Waals surface area contributed by atoms with Crippen LogP contribution in [-0.4, -0.2) is 27.4 Å². The summed E-state index contributed by atoms with van der Waals surface area (Å²) in [5.41, 5.74) is -0.268. The second-order valence-electron chi connectivity index (χ2n) is 5.56. The third-order valence-electron chi connectivity index (χ3n) is 4.15. The molecule has 1 amide bonds. The fourth-order valence-corrected chi connectivity index (χ4v) is 3.14. The predicted octanol–water partition coefficient (Wildman–Crippen LogP) is 2.89. The van der Waals surface area contributed by atoms with E-state index in [9.17, 15) is 18.0 Å². The van der Waals surface area contributed by atoms with Gasteiger partial charge in [0.2, 0.25) is 0 Å². The highest BCUT2D eigenvalue weighted by molar-refractivity contribution is 5.92. The standard InChI is InChI=1S/C15H15F3N4O/c16-15(17,18)11-6-2-1-4-9(11)10-5-3-7-12(10)20-14(23)13-8-19-22-21-13/h1-2,4,6,8,10,12H,3,5,7H2,(H,20,23)(H,19,21,22). The van der Waals surface area contributed by atoms with E-state index in [0.717, 1.165) is 12.5 Å². The van der Waals surface area contributed by atoms with Gasteiger partial charge in [-0.2, -0.15) is 28.6 Å². The van der Waals surface area contributed by atoms with Crippen molar-refractivity contribution in [3.63, 3.8) is 0 Å². The number of hydrogen-bond donors (Lipinski definition) is 2. The zero-order valence-electron chi connectivity index (χ0n) is 12.1. The number of carbonyl (C=O) groups excluding carboxylic acids is 1. The van der Waals surface area contributed by atoms with Gasteiger partial charge in [-0.3, -0.25) is 4.79 Å². The van der Waals surface area contributed by atoms with Crippen molar-refractivity contribution in [2.24, 2.45) is 0 Å². The smallest absolute Gasteiger partial charge is 0.347 e. The first-order chi connectivity index (χ1) is 11.0. The van der Waals surface area contributed by atoms with Crippen molar-refractivity contribution in [3.05, 3.63) is 47.3 Å². The Balaban J connectivity index is 1.84. The van der Waals surface area contributed by atoms with Gasteiger partial charge in [0.15, 0.2) is 5.69 Å². The number of nitrogens with zero attached hydrogens (tertiary/aromatic N) is 2. The Hall–Kier alpha value is -2.38. The minimum Gasteiger partial charge on any atom is -0.347 e. The third-order valence-corrected chi connectivity index (χ3v) is 4.15. The topological polar surface area (TPSA) is 70.7 Å². The molecule has 0 spiro atoms. The van der Waals surface area contributed by atoms with Gasteiger partial charge in [-0.15, -0.1) is 0 Å². The quantitative estimate of drug-likeness (QED) is 0.912. The summed E-state index contributed by atoms with van der Waals surface area (Å²) in [4.78, 5) is 12.1. The zero-order chi connectivity index (χ0) is 16.4. The van der Waals surface area contributed by atoms with Gasteiger partial charge in [0.25, 0.3) is 5.91 Å². The van der Waals surface area contributed by atoms with Crippen LogP contribution >= 0.6 is 0 Å². The van der Waals surface area contributed by atoms with E-state index >= 15 is 0 Å². The van der Waals surface area contributed by atoms with Crippen molar-refractivity contribution in [3.8, 4) is 0 Å². The van der Waals surface area contributed by atoms with Crippen molar-refractivity contribution in [1.29, 1.82) is 0 Å². The molecule has 23 heavy (non-hydrogen) atoms. The number of alkyl halides is 3. The molecule has 0 radical (unpaired) electrons. The van der Waals surface area contributed by atoms with E-state index in [4.69, 9.17) is 0 Å². The second-order valence-corrected chi connectivity index (χ2v) is 5.56. The van der Waals surface area contributed by atoms with Crippen LogP contribution in [0.4, 0.5) is 13.2 Å². The molecule has 2 atom stereocenters. The van der Waals surface area contributed by atoms with Gasteiger partial charge >= 0.3 is 6.18 Å². The summed E-state index contributed by atoms with van der Waals surface area (Å²) < 4.78 is 39.6. The number of nitrogens with one attached hydrogen (secondary N) is 2. The van der Waals surface area contributed by atoms with Crippen LogP contribution in [0.1, 0.15) is 46.8 Å². The molecule has 0 bridgehead atoms. The summed E-state index contributed by atoms with van der Waals surface area (Å²) in [6.45, 7) is 0. The Morgan fingerprint density at radius 2 is 2.04 bits per heavy atom.